The van der Waals surface area contributed by atoms with Crippen molar-refractivity contribution in [3.8, 4) is 0 Å². The van der Waals surface area contributed by atoms with Gasteiger partial charge in [-0.1, -0.05) is 23.2 Å². The van der Waals surface area contributed by atoms with E-state index in [2.05, 4.69) is 5.32 Å². The van der Waals surface area contributed by atoms with Crippen LogP contribution in [-0.4, -0.2) is 37.5 Å². The van der Waals surface area contributed by atoms with Gasteiger partial charge in [0.1, 0.15) is 0 Å². The molecule has 0 aliphatic carbocycles. The normalized spacial score (nSPS) is 17.2. The summed E-state index contributed by atoms with van der Waals surface area (Å²) in [5.74, 6) is 0. The molecule has 1 aromatic carbocycles. The Bertz CT molecular complexity index is 414. The molecule has 0 unspecified atom stereocenters. The first-order valence-corrected chi connectivity index (χ1v) is 6.53. The highest BCUT2D eigenvalue weighted by atomic mass is 35.5. The van der Waals surface area contributed by atoms with Crippen LogP contribution in [0.4, 0.5) is 8.78 Å². The summed E-state index contributed by atoms with van der Waals surface area (Å²) in [5, 5.41) is 3.90. The van der Waals surface area contributed by atoms with Crippen LogP contribution in [0.1, 0.15) is 11.6 Å². The fraction of sp³-hybridized carbons (Fsp3) is 0.500. The van der Waals surface area contributed by atoms with Crippen LogP contribution in [0.5, 0.6) is 0 Å². The van der Waals surface area contributed by atoms with E-state index in [-0.39, 0.29) is 24.8 Å². The molecule has 0 saturated carbocycles. The number of rotatable bonds is 3. The van der Waals surface area contributed by atoms with E-state index in [4.69, 9.17) is 23.2 Å². The van der Waals surface area contributed by atoms with Crippen molar-refractivity contribution in [2.75, 3.05) is 26.2 Å². The van der Waals surface area contributed by atoms with E-state index in [9.17, 15) is 8.78 Å². The molecule has 0 radical (unpaired) electrons. The minimum atomic E-state index is -2.49. The molecule has 116 valence electrons. The molecule has 2 nitrogen and oxygen atoms in total. The molecule has 1 fully saturated rings. The first-order chi connectivity index (χ1) is 8.59. The van der Waals surface area contributed by atoms with Gasteiger partial charge >= 0.3 is 0 Å². The Morgan fingerprint density at radius 3 is 2.25 bits per heavy atom. The molecule has 1 aliphatic rings. The van der Waals surface area contributed by atoms with Crippen LogP contribution in [0, 0.1) is 0 Å². The van der Waals surface area contributed by atoms with Gasteiger partial charge < -0.3 is 5.32 Å². The molecule has 2 rings (SSSR count). The second kappa shape index (κ2) is 9.23. The molecule has 1 N–H and O–H groups in total. The largest absolute Gasteiger partial charge is 0.314 e. The van der Waals surface area contributed by atoms with E-state index < -0.39 is 12.5 Å². The number of benzene rings is 1. The third kappa shape index (κ3) is 4.86. The third-order valence-corrected chi connectivity index (χ3v) is 3.64. The molecule has 20 heavy (non-hydrogen) atoms. The lowest BCUT2D eigenvalue weighted by molar-refractivity contribution is 0.0182. The van der Waals surface area contributed by atoms with Gasteiger partial charge in [-0.3, -0.25) is 4.90 Å². The third-order valence-electron chi connectivity index (χ3n) is 3.06. The van der Waals surface area contributed by atoms with Crippen LogP contribution in [0.2, 0.25) is 10.0 Å². The van der Waals surface area contributed by atoms with Gasteiger partial charge in [-0.15, -0.1) is 24.8 Å². The summed E-state index contributed by atoms with van der Waals surface area (Å²) in [7, 11) is 0. The van der Waals surface area contributed by atoms with E-state index in [1.165, 1.54) is 6.07 Å². The molecule has 1 aliphatic heterocycles. The average Bonchev–Trinajstić information content (AvgIpc) is 2.35. The lowest BCUT2D eigenvalue weighted by Crippen LogP contribution is -2.47. The van der Waals surface area contributed by atoms with Crippen molar-refractivity contribution in [2.24, 2.45) is 0 Å². The van der Waals surface area contributed by atoms with Crippen molar-refractivity contribution in [3.05, 3.63) is 33.8 Å². The van der Waals surface area contributed by atoms with E-state index in [1.807, 2.05) is 0 Å². The summed E-state index contributed by atoms with van der Waals surface area (Å²) in [6.07, 6.45) is -2.49. The molecular formula is C12H16Cl4F2N2. The van der Waals surface area contributed by atoms with Gasteiger partial charge in [0.25, 0.3) is 6.43 Å². The predicted octanol–water partition coefficient (Wildman–Crippen LogP) is 4.05. The number of nitrogens with zero attached hydrogens (tertiary/aromatic N) is 1. The van der Waals surface area contributed by atoms with Gasteiger partial charge in [0.05, 0.1) is 6.04 Å². The zero-order valence-corrected chi connectivity index (χ0v) is 13.6. The second-order valence-corrected chi connectivity index (χ2v) is 5.07. The fourth-order valence-corrected chi connectivity index (χ4v) is 2.60. The summed E-state index contributed by atoms with van der Waals surface area (Å²) in [6.45, 7) is 2.58. The van der Waals surface area contributed by atoms with Crippen LogP contribution < -0.4 is 5.32 Å². The molecule has 0 bridgehead atoms. The van der Waals surface area contributed by atoms with Crippen molar-refractivity contribution in [1.82, 2.24) is 10.2 Å². The molecule has 0 aromatic heterocycles. The van der Waals surface area contributed by atoms with Gasteiger partial charge in [0, 0.05) is 36.2 Å². The number of hydrogen-bond acceptors (Lipinski definition) is 2. The maximum Gasteiger partial charge on any atom is 0.258 e. The zero-order chi connectivity index (χ0) is 13.1. The summed E-state index contributed by atoms with van der Waals surface area (Å²) in [6, 6.07) is 3.71. The number of nitrogens with one attached hydrogen (secondary N) is 1. The fourth-order valence-electron chi connectivity index (χ4n) is 2.19. The van der Waals surface area contributed by atoms with Gasteiger partial charge in [-0.25, -0.2) is 8.78 Å². The van der Waals surface area contributed by atoms with Crippen molar-refractivity contribution < 1.29 is 8.78 Å². The summed E-state index contributed by atoms with van der Waals surface area (Å²) < 4.78 is 26.6. The Kier molecular flexibility index (Phi) is 9.31. The number of hydrogen-bond donors (Lipinski definition) is 1. The summed E-state index contributed by atoms with van der Waals surface area (Å²) in [5.41, 5.74) is 0.404. The smallest absolute Gasteiger partial charge is 0.258 e. The molecule has 8 heteroatoms. The SMILES string of the molecule is Cl.Cl.FC(F)[C@H](c1cc(Cl)ccc1Cl)N1CCNCC1. The quantitative estimate of drug-likeness (QED) is 0.866. The zero-order valence-electron chi connectivity index (χ0n) is 10.5. The lowest BCUT2D eigenvalue weighted by atomic mass is 10.0. The van der Waals surface area contributed by atoms with E-state index in [1.54, 1.807) is 17.0 Å². The molecule has 0 amide bonds. The van der Waals surface area contributed by atoms with Crippen LogP contribution in [0.25, 0.3) is 0 Å². The van der Waals surface area contributed by atoms with Gasteiger partial charge in [-0.2, -0.15) is 0 Å². The number of halogens is 6. The summed E-state index contributed by atoms with van der Waals surface area (Å²) in [4.78, 5) is 1.75. The van der Waals surface area contributed by atoms with E-state index in [0.717, 1.165) is 0 Å². The maximum absolute atomic E-state index is 13.3. The molecule has 0 spiro atoms. The Balaban J connectivity index is 0.00000180. The highest BCUT2D eigenvalue weighted by Gasteiger charge is 2.31. The van der Waals surface area contributed by atoms with Crippen LogP contribution in [0.3, 0.4) is 0 Å². The maximum atomic E-state index is 13.3. The summed E-state index contributed by atoms with van der Waals surface area (Å²) >= 11 is 11.9. The number of alkyl halides is 2. The first-order valence-electron chi connectivity index (χ1n) is 5.77. The highest BCUT2D eigenvalue weighted by Crippen LogP contribution is 2.34. The molecule has 1 aromatic rings. The van der Waals surface area contributed by atoms with E-state index in [0.29, 0.717) is 41.8 Å². The predicted molar refractivity (Wildman–Crippen MR) is 84.1 cm³/mol. The van der Waals surface area contributed by atoms with Crippen molar-refractivity contribution in [3.63, 3.8) is 0 Å². The lowest BCUT2D eigenvalue weighted by Gasteiger charge is -2.35. The van der Waals surface area contributed by atoms with Crippen molar-refractivity contribution in [1.29, 1.82) is 0 Å². The van der Waals surface area contributed by atoms with Crippen LogP contribution in [0.15, 0.2) is 18.2 Å². The van der Waals surface area contributed by atoms with Crippen molar-refractivity contribution in [2.45, 2.75) is 12.5 Å². The molecule has 1 atom stereocenters. The topological polar surface area (TPSA) is 15.3 Å². The Hall–Kier alpha value is 0.160. The monoisotopic (exact) mass is 366 g/mol. The minimum Gasteiger partial charge on any atom is -0.314 e. The number of piperazine rings is 1. The van der Waals surface area contributed by atoms with Crippen molar-refractivity contribution >= 4 is 48.0 Å². The Morgan fingerprint density at radius 2 is 1.70 bits per heavy atom. The Morgan fingerprint density at radius 1 is 1.10 bits per heavy atom. The minimum absolute atomic E-state index is 0. The van der Waals surface area contributed by atoms with E-state index >= 15 is 0 Å². The first kappa shape index (κ1) is 20.2. The Labute approximate surface area is 139 Å². The highest BCUT2D eigenvalue weighted by molar-refractivity contribution is 6.33. The van der Waals surface area contributed by atoms with Gasteiger partial charge in [-0.05, 0) is 23.8 Å². The van der Waals surface area contributed by atoms with Crippen LogP contribution >= 0.6 is 48.0 Å². The standard InChI is InChI=1S/C12H14Cl2F2N2.2ClH/c13-8-1-2-10(14)9(7-8)11(12(15)16)18-5-3-17-4-6-18;;/h1-2,7,11-12,17H,3-6H2;2*1H/t11-;;/m0../s1. The van der Waals surface area contributed by atoms with Gasteiger partial charge in [0.2, 0.25) is 0 Å². The van der Waals surface area contributed by atoms with Crippen LogP contribution in [-0.2, 0) is 0 Å². The average molecular weight is 368 g/mol. The molecular weight excluding hydrogens is 352 g/mol. The molecule has 1 heterocycles. The second-order valence-electron chi connectivity index (χ2n) is 4.23. The van der Waals surface area contributed by atoms with Gasteiger partial charge in [0.15, 0.2) is 0 Å². The molecule has 1 saturated heterocycles.